The number of rotatable bonds is 0. The van der Waals surface area contributed by atoms with E-state index in [9.17, 15) is 9.90 Å². The zero-order valence-electron chi connectivity index (χ0n) is 5.45. The molecular weight excluding hydrogens is 134 g/mol. The van der Waals surface area contributed by atoms with E-state index in [4.69, 9.17) is 4.74 Å². The predicted octanol–water partition coefficient (Wildman–Crippen LogP) is -1.20. The largest absolute Gasteiger partial charge is 0.530 e. The second kappa shape index (κ2) is 1.85. The van der Waals surface area contributed by atoms with Gasteiger partial charge in [-0.25, -0.2) is 0 Å². The first kappa shape index (κ1) is 5.97. The zero-order valence-corrected chi connectivity index (χ0v) is 5.45. The Morgan fingerprint density at radius 2 is 2.40 bits per heavy atom. The molecule has 0 aromatic rings. The van der Waals surface area contributed by atoms with Crippen LogP contribution in [0.15, 0.2) is 0 Å². The highest BCUT2D eigenvalue weighted by atomic mass is 16.6. The molecule has 2 aliphatic rings. The van der Waals surface area contributed by atoms with Gasteiger partial charge in [-0.3, -0.25) is 0 Å². The second-order valence-electron chi connectivity index (χ2n) is 2.71. The number of fused-ring (bicyclic) bond motifs is 1. The van der Waals surface area contributed by atoms with E-state index < -0.39 is 6.09 Å². The Morgan fingerprint density at radius 1 is 1.60 bits per heavy atom. The summed E-state index contributed by atoms with van der Waals surface area (Å²) in [6, 6.07) is 0. The van der Waals surface area contributed by atoms with Crippen molar-refractivity contribution in [1.29, 1.82) is 0 Å². The summed E-state index contributed by atoms with van der Waals surface area (Å²) in [7, 11) is 0. The number of piperidine rings is 1. The molecule has 0 aromatic carbocycles. The number of amides is 1. The minimum Gasteiger partial charge on any atom is -0.530 e. The number of likely N-dealkylation sites (tertiary alicyclic amines) is 1. The van der Waals surface area contributed by atoms with Gasteiger partial charge in [-0.1, -0.05) is 0 Å². The zero-order chi connectivity index (χ0) is 7.14. The summed E-state index contributed by atoms with van der Waals surface area (Å²) in [5.41, 5.74) is 0. The highest BCUT2D eigenvalue weighted by Crippen LogP contribution is 2.30. The van der Waals surface area contributed by atoms with E-state index >= 15 is 0 Å². The SMILES string of the molecule is O=C([O-])N1CCC2OC2C1. The van der Waals surface area contributed by atoms with Gasteiger partial charge in [-0.15, -0.1) is 0 Å². The van der Waals surface area contributed by atoms with Crippen LogP contribution in [-0.2, 0) is 4.74 Å². The van der Waals surface area contributed by atoms with Gasteiger partial charge in [0.2, 0.25) is 0 Å². The van der Waals surface area contributed by atoms with Gasteiger partial charge in [0.15, 0.2) is 0 Å². The third kappa shape index (κ3) is 0.844. The first-order valence-electron chi connectivity index (χ1n) is 3.39. The van der Waals surface area contributed by atoms with Gasteiger partial charge < -0.3 is 19.5 Å². The predicted molar refractivity (Wildman–Crippen MR) is 30.2 cm³/mol. The molecule has 2 rings (SSSR count). The van der Waals surface area contributed by atoms with E-state index in [0.29, 0.717) is 19.2 Å². The number of ether oxygens (including phenoxy) is 1. The van der Waals surface area contributed by atoms with Crippen molar-refractivity contribution in [2.24, 2.45) is 0 Å². The molecule has 1 amide bonds. The normalized spacial score (nSPS) is 37.0. The Morgan fingerprint density at radius 3 is 3.00 bits per heavy atom. The quantitative estimate of drug-likeness (QED) is 0.399. The number of hydrogen-bond donors (Lipinski definition) is 0. The summed E-state index contributed by atoms with van der Waals surface area (Å²) in [6.45, 7) is 1.08. The van der Waals surface area contributed by atoms with Crippen LogP contribution in [0.2, 0.25) is 0 Å². The molecule has 0 saturated carbocycles. The highest BCUT2D eigenvalue weighted by molar-refractivity contribution is 5.62. The molecule has 56 valence electrons. The van der Waals surface area contributed by atoms with E-state index in [1.807, 2.05) is 0 Å². The van der Waals surface area contributed by atoms with Crippen LogP contribution in [0.1, 0.15) is 6.42 Å². The summed E-state index contributed by atoms with van der Waals surface area (Å²) >= 11 is 0. The lowest BCUT2D eigenvalue weighted by molar-refractivity contribution is -0.266. The third-order valence-electron chi connectivity index (χ3n) is 2.03. The van der Waals surface area contributed by atoms with E-state index in [0.717, 1.165) is 6.42 Å². The topological polar surface area (TPSA) is 55.9 Å². The van der Waals surface area contributed by atoms with E-state index in [2.05, 4.69) is 0 Å². The number of nitrogens with zero attached hydrogens (tertiary/aromatic N) is 1. The fourth-order valence-corrected chi connectivity index (χ4v) is 1.35. The van der Waals surface area contributed by atoms with Crippen molar-refractivity contribution in [2.75, 3.05) is 13.1 Å². The van der Waals surface area contributed by atoms with Crippen molar-refractivity contribution < 1.29 is 14.6 Å². The molecule has 2 aliphatic heterocycles. The van der Waals surface area contributed by atoms with Gasteiger partial charge in [-0.2, -0.15) is 0 Å². The average molecular weight is 142 g/mol. The molecule has 4 heteroatoms. The average Bonchev–Trinajstić information content (AvgIpc) is 2.63. The summed E-state index contributed by atoms with van der Waals surface area (Å²) in [4.78, 5) is 11.6. The van der Waals surface area contributed by atoms with Gasteiger partial charge in [0.05, 0.1) is 6.10 Å². The lowest BCUT2D eigenvalue weighted by Gasteiger charge is -2.26. The van der Waals surface area contributed by atoms with Gasteiger partial charge in [0.25, 0.3) is 0 Å². The highest BCUT2D eigenvalue weighted by Gasteiger charge is 2.43. The molecule has 0 spiro atoms. The summed E-state index contributed by atoms with van der Waals surface area (Å²) in [5, 5.41) is 10.3. The molecule has 10 heavy (non-hydrogen) atoms. The van der Waals surface area contributed by atoms with E-state index in [1.165, 1.54) is 4.90 Å². The minimum absolute atomic E-state index is 0.173. The van der Waals surface area contributed by atoms with Crippen LogP contribution in [0, 0.1) is 0 Å². The standard InChI is InChI=1S/C6H9NO3/c8-6(9)7-2-1-4-5(3-7)10-4/h4-5H,1-3H2,(H,8,9)/p-1. The number of epoxide rings is 1. The fraction of sp³-hybridized carbons (Fsp3) is 0.833. The van der Waals surface area contributed by atoms with E-state index in [-0.39, 0.29) is 6.10 Å². The Bertz CT molecular complexity index is 170. The molecule has 4 nitrogen and oxygen atoms in total. The lowest BCUT2D eigenvalue weighted by Crippen LogP contribution is -2.46. The number of hydrogen-bond acceptors (Lipinski definition) is 3. The van der Waals surface area contributed by atoms with Gasteiger partial charge >= 0.3 is 0 Å². The molecular formula is C6H8NO3-. The number of carbonyl (C=O) groups is 1. The molecule has 0 N–H and O–H groups in total. The van der Waals surface area contributed by atoms with Crippen LogP contribution >= 0.6 is 0 Å². The molecule has 2 unspecified atom stereocenters. The molecule has 2 atom stereocenters. The van der Waals surface area contributed by atoms with E-state index in [1.54, 1.807) is 0 Å². The Kier molecular flexibility index (Phi) is 1.11. The monoisotopic (exact) mass is 142 g/mol. The molecule has 2 fully saturated rings. The van der Waals surface area contributed by atoms with Crippen molar-refractivity contribution in [1.82, 2.24) is 4.90 Å². The number of carboxylic acid groups (broad SMARTS) is 1. The Balaban J connectivity index is 1.94. The maximum Gasteiger partial charge on any atom is 0.137 e. The van der Waals surface area contributed by atoms with Crippen molar-refractivity contribution in [3.63, 3.8) is 0 Å². The second-order valence-corrected chi connectivity index (χ2v) is 2.71. The van der Waals surface area contributed by atoms with Crippen molar-refractivity contribution in [3.05, 3.63) is 0 Å². The smallest absolute Gasteiger partial charge is 0.137 e. The fourth-order valence-electron chi connectivity index (χ4n) is 1.35. The molecule has 0 aliphatic carbocycles. The first-order chi connectivity index (χ1) is 4.77. The van der Waals surface area contributed by atoms with Crippen molar-refractivity contribution >= 4 is 6.09 Å². The van der Waals surface area contributed by atoms with Crippen LogP contribution in [0.3, 0.4) is 0 Å². The van der Waals surface area contributed by atoms with Crippen LogP contribution in [0.4, 0.5) is 4.79 Å². The first-order valence-corrected chi connectivity index (χ1v) is 3.39. The minimum atomic E-state index is -1.08. The van der Waals surface area contributed by atoms with Crippen molar-refractivity contribution in [3.8, 4) is 0 Å². The molecule has 0 aromatic heterocycles. The van der Waals surface area contributed by atoms with Crippen LogP contribution in [0.5, 0.6) is 0 Å². The number of carbonyl (C=O) groups excluding carboxylic acids is 1. The molecule has 0 bridgehead atoms. The Labute approximate surface area is 58.4 Å². The molecule has 2 heterocycles. The van der Waals surface area contributed by atoms with Crippen LogP contribution in [-0.4, -0.2) is 36.3 Å². The lowest BCUT2D eigenvalue weighted by atomic mass is 10.1. The van der Waals surface area contributed by atoms with Crippen LogP contribution < -0.4 is 5.11 Å². The third-order valence-corrected chi connectivity index (χ3v) is 2.03. The van der Waals surface area contributed by atoms with Crippen molar-refractivity contribution in [2.45, 2.75) is 18.6 Å². The molecule has 2 saturated heterocycles. The van der Waals surface area contributed by atoms with Gasteiger partial charge in [0, 0.05) is 13.1 Å². The molecule has 0 radical (unpaired) electrons. The summed E-state index contributed by atoms with van der Waals surface area (Å²) in [6.07, 6.45) is 0.273. The van der Waals surface area contributed by atoms with Gasteiger partial charge in [-0.05, 0) is 6.42 Å². The Hall–Kier alpha value is -0.770. The summed E-state index contributed by atoms with van der Waals surface area (Å²) in [5.74, 6) is 0. The maximum atomic E-state index is 10.3. The van der Waals surface area contributed by atoms with Crippen LogP contribution in [0.25, 0.3) is 0 Å². The maximum absolute atomic E-state index is 10.3. The summed E-state index contributed by atoms with van der Waals surface area (Å²) < 4.78 is 5.13. The van der Waals surface area contributed by atoms with Gasteiger partial charge in [0.1, 0.15) is 12.2 Å².